The number of pyridine rings is 1. The van der Waals surface area contributed by atoms with Gasteiger partial charge in [0.2, 0.25) is 5.91 Å². The molecule has 1 heterocycles. The predicted molar refractivity (Wildman–Crippen MR) is 97.0 cm³/mol. The van der Waals surface area contributed by atoms with Crippen LogP contribution in [0.15, 0.2) is 60.4 Å². The number of amides is 2. The van der Waals surface area contributed by atoms with Gasteiger partial charge in [0, 0.05) is 30.7 Å². The monoisotopic (exact) mass is 335 g/mol. The molecule has 2 N–H and O–H groups in total. The van der Waals surface area contributed by atoms with E-state index < -0.39 is 0 Å². The van der Waals surface area contributed by atoms with Crippen molar-refractivity contribution in [3.05, 3.63) is 71.6 Å². The highest BCUT2D eigenvalue weighted by Gasteiger charge is 2.23. The molecule has 25 heavy (non-hydrogen) atoms. The first-order valence-corrected chi connectivity index (χ1v) is 8.38. The summed E-state index contributed by atoms with van der Waals surface area (Å²) in [5, 5.41) is 5.71. The molecule has 1 aromatic carbocycles. The number of carbonyl (C=O) groups excluding carboxylic acids is 2. The van der Waals surface area contributed by atoms with Crippen molar-refractivity contribution >= 4 is 17.5 Å². The summed E-state index contributed by atoms with van der Waals surface area (Å²) in [5.41, 5.74) is 3.35. The zero-order valence-electron chi connectivity index (χ0n) is 14.2. The number of hydrogen-bond acceptors (Lipinski definition) is 3. The molecular formula is C20H21N3O2. The van der Waals surface area contributed by atoms with Gasteiger partial charge in [0.05, 0.1) is 5.56 Å². The van der Waals surface area contributed by atoms with Crippen LogP contribution >= 0.6 is 0 Å². The van der Waals surface area contributed by atoms with E-state index in [1.54, 1.807) is 24.4 Å². The summed E-state index contributed by atoms with van der Waals surface area (Å²) >= 11 is 0. The van der Waals surface area contributed by atoms with E-state index >= 15 is 0 Å². The van der Waals surface area contributed by atoms with Crippen molar-refractivity contribution in [2.24, 2.45) is 5.92 Å². The SMILES string of the molecule is C/C(=C\C(=O)NCc1ccc(NC(=O)c2cccnc2)cc1)C1CC1. The van der Waals surface area contributed by atoms with E-state index in [9.17, 15) is 9.59 Å². The van der Waals surface area contributed by atoms with Crippen LogP contribution in [-0.2, 0) is 11.3 Å². The number of anilines is 1. The molecule has 3 rings (SSSR count). The molecule has 2 aromatic rings. The molecule has 1 aromatic heterocycles. The number of nitrogens with one attached hydrogen (secondary N) is 2. The summed E-state index contributed by atoms with van der Waals surface area (Å²) in [6.45, 7) is 2.47. The minimum Gasteiger partial charge on any atom is -0.348 e. The molecule has 0 bridgehead atoms. The molecule has 0 atom stereocenters. The van der Waals surface area contributed by atoms with Crippen LogP contribution < -0.4 is 10.6 Å². The Bertz CT molecular complexity index is 778. The highest BCUT2D eigenvalue weighted by atomic mass is 16.2. The second-order valence-corrected chi connectivity index (χ2v) is 6.27. The lowest BCUT2D eigenvalue weighted by atomic mass is 10.1. The zero-order valence-corrected chi connectivity index (χ0v) is 14.2. The second kappa shape index (κ2) is 7.75. The molecule has 0 saturated heterocycles. The third-order valence-corrected chi connectivity index (χ3v) is 4.18. The molecule has 128 valence electrons. The standard InChI is InChI=1S/C20H21N3O2/c1-14(16-6-7-16)11-19(24)22-12-15-4-8-18(9-5-15)23-20(25)17-3-2-10-21-13-17/h2-5,8-11,13,16H,6-7,12H2,1H3,(H,22,24)(H,23,25)/b14-11+. The van der Waals surface area contributed by atoms with Crippen LogP contribution in [0, 0.1) is 5.92 Å². The fourth-order valence-electron chi connectivity index (χ4n) is 2.51. The molecule has 5 heteroatoms. The molecular weight excluding hydrogens is 314 g/mol. The van der Waals surface area contributed by atoms with Crippen molar-refractivity contribution in [2.45, 2.75) is 26.3 Å². The van der Waals surface area contributed by atoms with Crippen LogP contribution in [0.5, 0.6) is 0 Å². The smallest absolute Gasteiger partial charge is 0.257 e. The van der Waals surface area contributed by atoms with E-state index in [-0.39, 0.29) is 11.8 Å². The van der Waals surface area contributed by atoms with Crippen molar-refractivity contribution in [2.75, 3.05) is 5.32 Å². The lowest BCUT2D eigenvalue weighted by Crippen LogP contribution is -2.20. The predicted octanol–water partition coefficient (Wildman–Crippen LogP) is 3.31. The van der Waals surface area contributed by atoms with Gasteiger partial charge in [-0.15, -0.1) is 0 Å². The molecule has 2 amide bonds. The molecule has 5 nitrogen and oxygen atoms in total. The van der Waals surface area contributed by atoms with Crippen molar-refractivity contribution in [1.29, 1.82) is 0 Å². The number of nitrogens with zero attached hydrogens (tertiary/aromatic N) is 1. The highest BCUT2D eigenvalue weighted by Crippen LogP contribution is 2.35. The van der Waals surface area contributed by atoms with Gasteiger partial charge in [-0.25, -0.2) is 0 Å². The van der Waals surface area contributed by atoms with Gasteiger partial charge in [0.15, 0.2) is 0 Å². The zero-order chi connectivity index (χ0) is 17.6. The van der Waals surface area contributed by atoms with E-state index in [0.29, 0.717) is 23.7 Å². The quantitative estimate of drug-likeness (QED) is 0.796. The molecule has 0 aliphatic heterocycles. The first-order valence-electron chi connectivity index (χ1n) is 8.38. The lowest BCUT2D eigenvalue weighted by Gasteiger charge is -2.07. The van der Waals surface area contributed by atoms with Gasteiger partial charge in [0.25, 0.3) is 5.91 Å². The number of aromatic nitrogens is 1. The number of benzene rings is 1. The van der Waals surface area contributed by atoms with Crippen molar-refractivity contribution in [3.8, 4) is 0 Å². The average Bonchev–Trinajstić information content (AvgIpc) is 3.47. The summed E-state index contributed by atoms with van der Waals surface area (Å²) in [7, 11) is 0. The maximum Gasteiger partial charge on any atom is 0.257 e. The van der Waals surface area contributed by atoms with Gasteiger partial charge in [-0.2, -0.15) is 0 Å². The third-order valence-electron chi connectivity index (χ3n) is 4.18. The Morgan fingerprint density at radius 1 is 1.20 bits per heavy atom. The van der Waals surface area contributed by atoms with Crippen LogP contribution in [-0.4, -0.2) is 16.8 Å². The molecule has 1 fully saturated rings. The van der Waals surface area contributed by atoms with Crippen LogP contribution in [0.2, 0.25) is 0 Å². The molecule has 1 aliphatic rings. The first-order chi connectivity index (χ1) is 12.1. The lowest BCUT2D eigenvalue weighted by molar-refractivity contribution is -0.116. The Labute approximate surface area is 147 Å². The Balaban J connectivity index is 1.51. The minimum atomic E-state index is -0.199. The third kappa shape index (κ3) is 5.01. The van der Waals surface area contributed by atoms with Gasteiger partial charge in [-0.3, -0.25) is 14.6 Å². The topological polar surface area (TPSA) is 71.1 Å². The number of allylic oxidation sites excluding steroid dienone is 1. The van der Waals surface area contributed by atoms with Crippen LogP contribution in [0.4, 0.5) is 5.69 Å². The van der Waals surface area contributed by atoms with Crippen molar-refractivity contribution < 1.29 is 9.59 Å². The van der Waals surface area contributed by atoms with E-state index in [4.69, 9.17) is 0 Å². The Morgan fingerprint density at radius 2 is 1.96 bits per heavy atom. The summed E-state index contributed by atoms with van der Waals surface area (Å²) < 4.78 is 0. The fourth-order valence-corrected chi connectivity index (χ4v) is 2.51. The van der Waals surface area contributed by atoms with Gasteiger partial charge in [0.1, 0.15) is 0 Å². The van der Waals surface area contributed by atoms with E-state index in [1.807, 2.05) is 31.2 Å². The number of carbonyl (C=O) groups is 2. The summed E-state index contributed by atoms with van der Waals surface area (Å²) in [6, 6.07) is 10.8. The van der Waals surface area contributed by atoms with Gasteiger partial charge in [-0.05, 0) is 55.5 Å². The summed E-state index contributed by atoms with van der Waals surface area (Å²) in [6.07, 6.45) is 7.24. The minimum absolute atomic E-state index is 0.0571. The second-order valence-electron chi connectivity index (χ2n) is 6.27. The summed E-state index contributed by atoms with van der Waals surface area (Å²) in [4.78, 5) is 27.9. The van der Waals surface area contributed by atoms with Crippen LogP contribution in [0.1, 0.15) is 35.7 Å². The highest BCUT2D eigenvalue weighted by molar-refractivity contribution is 6.04. The fraction of sp³-hybridized carbons (Fsp3) is 0.250. The van der Waals surface area contributed by atoms with E-state index in [0.717, 1.165) is 11.1 Å². The van der Waals surface area contributed by atoms with Crippen LogP contribution in [0.25, 0.3) is 0 Å². The Hall–Kier alpha value is -2.95. The summed E-state index contributed by atoms with van der Waals surface area (Å²) in [5.74, 6) is 0.349. The van der Waals surface area contributed by atoms with Crippen molar-refractivity contribution in [1.82, 2.24) is 10.3 Å². The largest absolute Gasteiger partial charge is 0.348 e. The Morgan fingerprint density at radius 3 is 2.60 bits per heavy atom. The normalized spacial score (nSPS) is 14.0. The van der Waals surface area contributed by atoms with Gasteiger partial charge in [-0.1, -0.05) is 17.7 Å². The number of rotatable bonds is 6. The maximum atomic E-state index is 12.1. The molecule has 1 saturated carbocycles. The van der Waals surface area contributed by atoms with Gasteiger partial charge >= 0.3 is 0 Å². The van der Waals surface area contributed by atoms with Crippen molar-refractivity contribution in [3.63, 3.8) is 0 Å². The maximum absolute atomic E-state index is 12.1. The molecule has 1 aliphatic carbocycles. The van der Waals surface area contributed by atoms with E-state index in [1.165, 1.54) is 19.0 Å². The number of hydrogen-bond donors (Lipinski definition) is 2. The van der Waals surface area contributed by atoms with Gasteiger partial charge < -0.3 is 10.6 Å². The Kier molecular flexibility index (Phi) is 5.23. The van der Waals surface area contributed by atoms with E-state index in [2.05, 4.69) is 15.6 Å². The average molecular weight is 335 g/mol. The first kappa shape index (κ1) is 16.9. The van der Waals surface area contributed by atoms with Crippen LogP contribution in [0.3, 0.4) is 0 Å². The molecule has 0 unspecified atom stereocenters. The molecule has 0 spiro atoms. The molecule has 0 radical (unpaired) electrons.